The molecule has 0 atom stereocenters. The smallest absolute Gasteiger partial charge is 0.339 e. The van der Waals surface area contributed by atoms with E-state index in [0.29, 0.717) is 12.2 Å². The summed E-state index contributed by atoms with van der Waals surface area (Å²) in [6, 6.07) is 3.47. The summed E-state index contributed by atoms with van der Waals surface area (Å²) in [4.78, 5) is 22.2. The molecule has 6 nitrogen and oxygen atoms in total. The Labute approximate surface area is 105 Å². The molecular formula is C12H16N2O4. The van der Waals surface area contributed by atoms with Crippen molar-refractivity contribution in [3.63, 3.8) is 0 Å². The third kappa shape index (κ3) is 3.97. The van der Waals surface area contributed by atoms with Gasteiger partial charge in [0.2, 0.25) is 0 Å². The number of urea groups is 1. The lowest BCUT2D eigenvalue weighted by Crippen LogP contribution is -2.29. The third-order valence-corrected chi connectivity index (χ3v) is 2.30. The number of hydrogen-bond donors (Lipinski definition) is 4. The largest absolute Gasteiger partial charge is 0.507 e. The van der Waals surface area contributed by atoms with E-state index < -0.39 is 12.0 Å². The van der Waals surface area contributed by atoms with Crippen molar-refractivity contribution in [1.82, 2.24) is 5.32 Å². The first kappa shape index (κ1) is 13.8. The van der Waals surface area contributed by atoms with E-state index in [1.54, 1.807) is 0 Å². The Morgan fingerprint density at radius 2 is 2.06 bits per heavy atom. The van der Waals surface area contributed by atoms with E-state index in [1.165, 1.54) is 18.2 Å². The molecule has 0 radical (unpaired) electrons. The predicted octanol–water partition coefficient (Wildman–Crippen LogP) is 2.01. The van der Waals surface area contributed by atoms with Gasteiger partial charge in [0.05, 0.1) is 0 Å². The molecule has 0 unspecified atom stereocenters. The van der Waals surface area contributed by atoms with Gasteiger partial charge < -0.3 is 20.8 Å². The number of amides is 2. The average Bonchev–Trinajstić information content (AvgIpc) is 2.31. The second-order valence-electron chi connectivity index (χ2n) is 3.77. The molecule has 4 N–H and O–H groups in total. The molecule has 6 heteroatoms. The normalized spacial score (nSPS) is 9.83. The summed E-state index contributed by atoms with van der Waals surface area (Å²) in [5.41, 5.74) is 0.0700. The molecule has 0 aliphatic carbocycles. The number of unbranched alkanes of at least 4 members (excludes halogenated alkanes) is 1. The van der Waals surface area contributed by atoms with Crippen LogP contribution in [0.15, 0.2) is 18.2 Å². The first-order valence-corrected chi connectivity index (χ1v) is 5.65. The summed E-state index contributed by atoms with van der Waals surface area (Å²) in [5, 5.41) is 23.2. The molecule has 0 fully saturated rings. The maximum atomic E-state index is 11.4. The maximum Gasteiger partial charge on any atom is 0.339 e. The van der Waals surface area contributed by atoms with Gasteiger partial charge in [0.25, 0.3) is 0 Å². The molecule has 1 aromatic carbocycles. The topological polar surface area (TPSA) is 98.7 Å². The number of rotatable bonds is 5. The van der Waals surface area contributed by atoms with Crippen LogP contribution in [0.4, 0.5) is 10.5 Å². The highest BCUT2D eigenvalue weighted by atomic mass is 16.4. The van der Waals surface area contributed by atoms with Gasteiger partial charge in [-0.2, -0.15) is 0 Å². The zero-order valence-electron chi connectivity index (χ0n) is 10.1. The minimum absolute atomic E-state index is 0.249. The Kier molecular flexibility index (Phi) is 4.98. The molecular weight excluding hydrogens is 236 g/mol. The van der Waals surface area contributed by atoms with Crippen molar-refractivity contribution in [1.29, 1.82) is 0 Å². The number of carboxylic acids is 1. The number of hydrogen-bond acceptors (Lipinski definition) is 3. The molecule has 98 valence electrons. The molecule has 0 aromatic heterocycles. The van der Waals surface area contributed by atoms with E-state index in [4.69, 9.17) is 5.11 Å². The Hall–Kier alpha value is -2.24. The fraction of sp³-hybridized carbons (Fsp3) is 0.333. The van der Waals surface area contributed by atoms with E-state index in [9.17, 15) is 14.7 Å². The first-order chi connectivity index (χ1) is 8.54. The van der Waals surface area contributed by atoms with Crippen molar-refractivity contribution in [2.75, 3.05) is 11.9 Å². The lowest BCUT2D eigenvalue weighted by atomic mass is 10.2. The summed E-state index contributed by atoms with van der Waals surface area (Å²) >= 11 is 0. The van der Waals surface area contributed by atoms with Gasteiger partial charge in [-0.15, -0.1) is 0 Å². The summed E-state index contributed by atoms with van der Waals surface area (Å²) in [6.45, 7) is 2.57. The highest BCUT2D eigenvalue weighted by Crippen LogP contribution is 2.21. The van der Waals surface area contributed by atoms with Crippen molar-refractivity contribution < 1.29 is 19.8 Å². The van der Waals surface area contributed by atoms with Crippen LogP contribution >= 0.6 is 0 Å². The van der Waals surface area contributed by atoms with Crippen LogP contribution in [-0.2, 0) is 0 Å². The standard InChI is InChI=1S/C12H16N2O4/c1-2-3-6-13-12(18)14-8-4-5-10(15)9(7-8)11(16)17/h4-5,7,15H,2-3,6H2,1H3,(H,16,17)(H2,13,14,18). The molecule has 1 rings (SSSR count). The van der Waals surface area contributed by atoms with Gasteiger partial charge in [-0.25, -0.2) is 9.59 Å². The molecule has 1 aromatic rings. The van der Waals surface area contributed by atoms with Gasteiger partial charge in [-0.1, -0.05) is 13.3 Å². The number of benzene rings is 1. The molecule has 0 saturated carbocycles. The monoisotopic (exact) mass is 252 g/mol. The number of anilines is 1. The van der Waals surface area contributed by atoms with Crippen LogP contribution in [0.1, 0.15) is 30.1 Å². The predicted molar refractivity (Wildman–Crippen MR) is 67.0 cm³/mol. The number of phenols is 1. The van der Waals surface area contributed by atoms with Gasteiger partial charge in [0.1, 0.15) is 11.3 Å². The van der Waals surface area contributed by atoms with Gasteiger partial charge in [-0.3, -0.25) is 0 Å². The van der Waals surface area contributed by atoms with E-state index in [2.05, 4.69) is 10.6 Å². The van der Waals surface area contributed by atoms with Crippen LogP contribution in [0, 0.1) is 0 Å². The number of nitrogens with one attached hydrogen (secondary N) is 2. The highest BCUT2D eigenvalue weighted by molar-refractivity contribution is 5.95. The highest BCUT2D eigenvalue weighted by Gasteiger charge is 2.11. The second kappa shape index (κ2) is 6.48. The van der Waals surface area contributed by atoms with Gasteiger partial charge in [0, 0.05) is 12.2 Å². The molecule has 0 heterocycles. The van der Waals surface area contributed by atoms with Crippen LogP contribution in [0.2, 0.25) is 0 Å². The summed E-state index contributed by atoms with van der Waals surface area (Å²) in [6.07, 6.45) is 1.85. The van der Waals surface area contributed by atoms with Crippen LogP contribution < -0.4 is 10.6 Å². The lowest BCUT2D eigenvalue weighted by molar-refractivity contribution is 0.0693. The summed E-state index contributed by atoms with van der Waals surface area (Å²) in [7, 11) is 0. The number of carboxylic acid groups (broad SMARTS) is 1. The van der Waals surface area contributed by atoms with Crippen molar-refractivity contribution in [2.24, 2.45) is 0 Å². The van der Waals surface area contributed by atoms with Crippen LogP contribution in [0.3, 0.4) is 0 Å². The molecule has 0 bridgehead atoms. The molecule has 0 saturated heterocycles. The quantitative estimate of drug-likeness (QED) is 0.476. The SMILES string of the molecule is CCCCNC(=O)Nc1ccc(O)c(C(=O)O)c1. The van der Waals surface area contributed by atoms with Crippen molar-refractivity contribution >= 4 is 17.7 Å². The fourth-order valence-corrected chi connectivity index (χ4v) is 1.34. The molecule has 18 heavy (non-hydrogen) atoms. The molecule has 0 spiro atoms. The number of carbonyl (C=O) groups is 2. The Balaban J connectivity index is 2.65. The van der Waals surface area contributed by atoms with Gasteiger partial charge in [-0.05, 0) is 24.6 Å². The Morgan fingerprint density at radius 3 is 2.67 bits per heavy atom. The molecule has 0 aliphatic rings. The Bertz CT molecular complexity index is 446. The maximum absolute atomic E-state index is 11.4. The van der Waals surface area contributed by atoms with E-state index in [-0.39, 0.29) is 11.3 Å². The van der Waals surface area contributed by atoms with Crippen molar-refractivity contribution in [3.05, 3.63) is 23.8 Å². The molecule has 2 amide bonds. The summed E-state index contributed by atoms with van der Waals surface area (Å²) < 4.78 is 0. The van der Waals surface area contributed by atoms with E-state index in [1.807, 2.05) is 6.92 Å². The van der Waals surface area contributed by atoms with Crippen LogP contribution in [0.5, 0.6) is 5.75 Å². The van der Waals surface area contributed by atoms with Gasteiger partial charge in [0.15, 0.2) is 0 Å². The zero-order valence-corrected chi connectivity index (χ0v) is 10.1. The Morgan fingerprint density at radius 1 is 1.33 bits per heavy atom. The number of carbonyl (C=O) groups excluding carboxylic acids is 1. The number of aromatic carboxylic acids is 1. The van der Waals surface area contributed by atoms with E-state index >= 15 is 0 Å². The summed E-state index contributed by atoms with van der Waals surface area (Å²) in [5.74, 6) is -1.58. The van der Waals surface area contributed by atoms with Crippen LogP contribution in [-0.4, -0.2) is 28.8 Å². The minimum Gasteiger partial charge on any atom is -0.507 e. The zero-order chi connectivity index (χ0) is 13.5. The van der Waals surface area contributed by atoms with Gasteiger partial charge >= 0.3 is 12.0 Å². The first-order valence-electron chi connectivity index (χ1n) is 5.65. The van der Waals surface area contributed by atoms with Crippen molar-refractivity contribution in [2.45, 2.75) is 19.8 Å². The van der Waals surface area contributed by atoms with Crippen LogP contribution in [0.25, 0.3) is 0 Å². The lowest BCUT2D eigenvalue weighted by Gasteiger charge is -2.08. The minimum atomic E-state index is -1.25. The number of aromatic hydroxyl groups is 1. The second-order valence-corrected chi connectivity index (χ2v) is 3.77. The molecule has 0 aliphatic heterocycles. The van der Waals surface area contributed by atoms with E-state index in [0.717, 1.165) is 12.8 Å². The third-order valence-electron chi connectivity index (χ3n) is 2.30. The van der Waals surface area contributed by atoms with Crippen molar-refractivity contribution in [3.8, 4) is 5.75 Å². The average molecular weight is 252 g/mol. The fourth-order valence-electron chi connectivity index (χ4n) is 1.34.